The van der Waals surface area contributed by atoms with Crippen LogP contribution in [0.25, 0.3) is 0 Å². The van der Waals surface area contributed by atoms with Gasteiger partial charge >= 0.3 is 0 Å². The zero-order valence-electron chi connectivity index (χ0n) is 50.6. The summed E-state index contributed by atoms with van der Waals surface area (Å²) in [5.74, 6) is 3.32. The molecular formula is C67H129N3S2. The average molecular weight is 1040 g/mol. The van der Waals surface area contributed by atoms with Crippen LogP contribution in [0, 0.1) is 16.7 Å². The summed E-state index contributed by atoms with van der Waals surface area (Å²) in [4.78, 5) is 5.22. The lowest BCUT2D eigenvalue weighted by molar-refractivity contribution is 0.138. The van der Waals surface area contributed by atoms with Crippen LogP contribution < -0.4 is 5.32 Å². The van der Waals surface area contributed by atoms with Crippen LogP contribution in [0.5, 0.6) is 0 Å². The van der Waals surface area contributed by atoms with Crippen molar-refractivity contribution in [2.24, 2.45) is 16.7 Å². The summed E-state index contributed by atoms with van der Waals surface area (Å²) >= 11 is 0. The molecule has 1 heterocycles. The van der Waals surface area contributed by atoms with Crippen LogP contribution in [0.1, 0.15) is 287 Å². The Morgan fingerprint density at radius 1 is 0.569 bits per heavy atom. The van der Waals surface area contributed by atoms with E-state index in [0.29, 0.717) is 0 Å². The highest BCUT2D eigenvalue weighted by Gasteiger charge is 2.31. The van der Waals surface area contributed by atoms with Crippen molar-refractivity contribution in [1.29, 1.82) is 0 Å². The molecular weight excluding hydrogens is 911 g/mol. The summed E-state index contributed by atoms with van der Waals surface area (Å²) in [7, 11) is 4.07. The maximum atomic E-state index is 4.57. The first-order valence-electron chi connectivity index (χ1n) is 31.0. The fourth-order valence-electron chi connectivity index (χ4n) is 11.0. The molecule has 0 unspecified atom stereocenters. The van der Waals surface area contributed by atoms with E-state index in [1.807, 2.05) is 21.6 Å². The predicted molar refractivity (Wildman–Crippen MR) is 339 cm³/mol. The molecule has 0 saturated carbocycles. The molecule has 0 aliphatic carbocycles. The molecule has 72 heavy (non-hydrogen) atoms. The lowest BCUT2D eigenvalue weighted by atomic mass is 9.71. The zero-order chi connectivity index (χ0) is 54.0. The van der Waals surface area contributed by atoms with Gasteiger partial charge in [0.15, 0.2) is 0 Å². The van der Waals surface area contributed by atoms with Gasteiger partial charge in [0.1, 0.15) is 0 Å². The largest absolute Gasteiger partial charge is 0.388 e. The maximum absolute atomic E-state index is 4.57. The second-order valence-electron chi connectivity index (χ2n) is 23.6. The van der Waals surface area contributed by atoms with Crippen LogP contribution in [0.4, 0.5) is 0 Å². The molecule has 3 nitrogen and oxygen atoms in total. The molecule has 424 valence electrons. The van der Waals surface area contributed by atoms with Crippen molar-refractivity contribution in [3.05, 3.63) is 74.2 Å². The minimum atomic E-state index is 0.233. The van der Waals surface area contributed by atoms with Crippen LogP contribution in [0.15, 0.2) is 74.2 Å². The molecule has 0 amide bonds. The minimum absolute atomic E-state index is 0.233. The van der Waals surface area contributed by atoms with Crippen molar-refractivity contribution in [2.45, 2.75) is 287 Å². The van der Waals surface area contributed by atoms with E-state index >= 15 is 0 Å². The topological polar surface area (TPSA) is 18.5 Å². The smallest absolute Gasteiger partial charge is 0.0271 e. The highest BCUT2D eigenvalue weighted by molar-refractivity contribution is 8.76. The van der Waals surface area contributed by atoms with Gasteiger partial charge in [0.25, 0.3) is 0 Å². The van der Waals surface area contributed by atoms with E-state index < -0.39 is 0 Å². The summed E-state index contributed by atoms with van der Waals surface area (Å²) in [6.07, 6.45) is 51.2. The van der Waals surface area contributed by atoms with E-state index in [9.17, 15) is 0 Å². The van der Waals surface area contributed by atoms with Gasteiger partial charge in [0, 0.05) is 49.1 Å². The van der Waals surface area contributed by atoms with Crippen LogP contribution in [-0.2, 0) is 0 Å². The van der Waals surface area contributed by atoms with Crippen molar-refractivity contribution in [3.8, 4) is 0 Å². The third kappa shape index (κ3) is 48.3. The molecule has 1 N–H and O–H groups in total. The third-order valence-corrected chi connectivity index (χ3v) is 17.0. The van der Waals surface area contributed by atoms with Crippen LogP contribution in [-0.4, -0.2) is 60.6 Å². The summed E-state index contributed by atoms with van der Waals surface area (Å²) in [5, 5.41) is 3.58. The number of likely N-dealkylation sites (tertiary alicyclic amines) is 1. The lowest BCUT2D eigenvalue weighted by Gasteiger charge is -2.40. The van der Waals surface area contributed by atoms with Gasteiger partial charge in [0.05, 0.1) is 0 Å². The average Bonchev–Trinajstić information content (AvgIpc) is 3.62. The predicted octanol–water partition coefficient (Wildman–Crippen LogP) is 22.5. The molecule has 0 bridgehead atoms. The van der Waals surface area contributed by atoms with Gasteiger partial charge in [0.2, 0.25) is 0 Å². The molecule has 0 spiro atoms. The van der Waals surface area contributed by atoms with Crippen LogP contribution in [0.3, 0.4) is 0 Å². The fourth-order valence-corrected chi connectivity index (χ4v) is 13.1. The number of nitrogens with zero attached hydrogens (tertiary/aromatic N) is 2. The summed E-state index contributed by atoms with van der Waals surface area (Å²) in [6, 6.07) is 0. The molecule has 1 saturated heterocycles. The highest BCUT2D eigenvalue weighted by Crippen LogP contribution is 2.40. The molecule has 0 atom stereocenters. The number of rotatable bonds is 48. The molecule has 0 aromatic carbocycles. The molecule has 1 aliphatic heterocycles. The Morgan fingerprint density at radius 2 is 1.10 bits per heavy atom. The summed E-state index contributed by atoms with van der Waals surface area (Å²) in [6.45, 7) is 51.9. The van der Waals surface area contributed by atoms with E-state index in [2.05, 4.69) is 129 Å². The number of allylic oxidation sites excluding steroid dienone is 6. The molecule has 1 rings (SSSR count). The van der Waals surface area contributed by atoms with E-state index in [-0.39, 0.29) is 10.8 Å². The molecule has 5 heteroatoms. The fraction of sp³-hybridized carbons (Fsp3) is 0.821. The molecule has 0 aromatic rings. The van der Waals surface area contributed by atoms with Gasteiger partial charge in [-0.2, -0.15) is 0 Å². The zero-order valence-corrected chi connectivity index (χ0v) is 52.2. The van der Waals surface area contributed by atoms with Gasteiger partial charge in [-0.25, -0.2) is 0 Å². The molecule has 0 radical (unpaired) electrons. The Morgan fingerprint density at radius 3 is 1.65 bits per heavy atom. The second-order valence-corrected chi connectivity index (χ2v) is 26.3. The Hall–Kier alpha value is -1.30. The number of unbranched alkanes of at least 4 members (excludes halogenated alkanes) is 14. The first kappa shape index (κ1) is 72.8. The highest BCUT2D eigenvalue weighted by atomic mass is 33.1. The first-order chi connectivity index (χ1) is 34.7. The van der Waals surface area contributed by atoms with E-state index in [4.69, 9.17) is 0 Å². The van der Waals surface area contributed by atoms with E-state index in [1.54, 1.807) is 0 Å². The normalized spacial score (nSPS) is 13.3. The molecule has 1 fully saturated rings. The Labute approximate surface area is 462 Å². The van der Waals surface area contributed by atoms with Crippen molar-refractivity contribution in [2.75, 3.05) is 50.8 Å². The third-order valence-electron chi connectivity index (χ3n) is 14.4. The van der Waals surface area contributed by atoms with E-state index in [0.717, 1.165) is 64.2 Å². The van der Waals surface area contributed by atoms with Crippen molar-refractivity contribution >= 4 is 21.6 Å². The van der Waals surface area contributed by atoms with Gasteiger partial charge in [-0.3, -0.25) is 0 Å². The molecule has 1 aliphatic rings. The van der Waals surface area contributed by atoms with Crippen LogP contribution >= 0.6 is 21.6 Å². The number of nitrogens with one attached hydrogen (secondary N) is 1. The standard InChI is InChI=1S/C42H79N3S2.C23H46.C2H4/c1-10-12-13-14-15-16-17-20-25-38(3)35-41(6,7)36-42(8,9)37-45(29-11-2)40(5)27-24-34-47-46-33-23-26-39(4)43-28-32-44-30-21-18-19-22-31-44;1-5-8-10-12-14-16-19-23(21-22(4)18-7-3)20-17-15-13-11-9-6-2;1-2/h16-17,43H,3-5,10-15,18-37H2,1-2,6-9H3;23H,4-21H2,1-3H3;1-2H2/b17-16-;;. The van der Waals surface area contributed by atoms with Gasteiger partial charge in [-0.1, -0.05) is 262 Å². The van der Waals surface area contributed by atoms with Gasteiger partial charge < -0.3 is 15.1 Å². The van der Waals surface area contributed by atoms with Crippen molar-refractivity contribution in [1.82, 2.24) is 15.1 Å². The minimum Gasteiger partial charge on any atom is -0.388 e. The molecule has 0 aromatic heterocycles. The van der Waals surface area contributed by atoms with E-state index in [1.165, 1.54) is 240 Å². The Balaban J connectivity index is 0. The van der Waals surface area contributed by atoms with Crippen molar-refractivity contribution in [3.63, 3.8) is 0 Å². The lowest BCUT2D eigenvalue weighted by Crippen LogP contribution is -2.37. The Bertz CT molecular complexity index is 1260. The summed E-state index contributed by atoms with van der Waals surface area (Å²) in [5.41, 5.74) is 5.95. The second kappa shape index (κ2) is 51.8. The Kier molecular flexibility index (Phi) is 52.3. The quantitative estimate of drug-likeness (QED) is 0.0371. The van der Waals surface area contributed by atoms with Gasteiger partial charge in [-0.15, -0.1) is 13.2 Å². The first-order valence-corrected chi connectivity index (χ1v) is 33.5. The SMILES string of the molecule is C=C.C=C(CC/C=C\CCCCCC)CC(C)(C)CC(C)(C)CN(CCC)C(=C)CCCSSCCCC(=C)NCCN1CCCCCC1.C=C(CCC)CC(CCCCCCCC)CCCCCCCC. The maximum Gasteiger partial charge on any atom is 0.0271 e. The van der Waals surface area contributed by atoms with Gasteiger partial charge in [-0.05, 0) is 126 Å². The summed E-state index contributed by atoms with van der Waals surface area (Å²) < 4.78 is 0. The number of hydrogen-bond donors (Lipinski definition) is 1. The number of hydrogen-bond acceptors (Lipinski definition) is 5. The van der Waals surface area contributed by atoms with Crippen LogP contribution in [0.2, 0.25) is 0 Å². The monoisotopic (exact) mass is 1040 g/mol. The van der Waals surface area contributed by atoms with Crippen molar-refractivity contribution < 1.29 is 0 Å².